The highest BCUT2D eigenvalue weighted by atomic mass is 16.3. The largest absolute Gasteiger partial charge is 0.508 e. The molecule has 18 heavy (non-hydrogen) atoms. The summed E-state index contributed by atoms with van der Waals surface area (Å²) in [6.45, 7) is 0.470. The van der Waals surface area contributed by atoms with Gasteiger partial charge in [-0.15, -0.1) is 5.10 Å². The normalized spacial score (nSPS) is 10.9. The minimum atomic E-state index is 0.203. The van der Waals surface area contributed by atoms with Crippen molar-refractivity contribution < 1.29 is 5.11 Å². The van der Waals surface area contributed by atoms with Crippen molar-refractivity contribution in [3.05, 3.63) is 48.2 Å². The van der Waals surface area contributed by atoms with Crippen molar-refractivity contribution in [1.82, 2.24) is 14.6 Å². The number of aromatic nitrogens is 3. The maximum atomic E-state index is 9.45. The van der Waals surface area contributed by atoms with Gasteiger partial charge in [0.05, 0.1) is 0 Å². The van der Waals surface area contributed by atoms with Gasteiger partial charge >= 0.3 is 0 Å². The van der Waals surface area contributed by atoms with E-state index < -0.39 is 0 Å². The van der Waals surface area contributed by atoms with Crippen LogP contribution < -0.4 is 5.73 Å². The van der Waals surface area contributed by atoms with Crippen LogP contribution in [0.15, 0.2) is 42.6 Å². The highest BCUT2D eigenvalue weighted by Gasteiger charge is 2.07. The molecule has 5 nitrogen and oxygen atoms in total. The summed E-state index contributed by atoms with van der Waals surface area (Å²) in [5, 5.41) is 13.8. The summed E-state index contributed by atoms with van der Waals surface area (Å²) in [6, 6.07) is 10.7. The van der Waals surface area contributed by atoms with Crippen LogP contribution >= 0.6 is 0 Å². The fourth-order valence-corrected chi connectivity index (χ4v) is 1.81. The number of aromatic hydroxyl groups is 1. The Morgan fingerprint density at radius 1 is 1.22 bits per heavy atom. The van der Waals surface area contributed by atoms with Gasteiger partial charge in [-0.1, -0.05) is 18.2 Å². The topological polar surface area (TPSA) is 76.4 Å². The average Bonchev–Trinajstić information content (AvgIpc) is 2.81. The Balaban J connectivity index is 2.13. The smallest absolute Gasteiger partial charge is 0.182 e. The lowest BCUT2D eigenvalue weighted by molar-refractivity contribution is 0.475. The van der Waals surface area contributed by atoms with E-state index in [0.29, 0.717) is 12.4 Å². The molecule has 2 heterocycles. The molecular formula is C13H12N4O. The van der Waals surface area contributed by atoms with Crippen molar-refractivity contribution in [3.8, 4) is 17.1 Å². The minimum Gasteiger partial charge on any atom is -0.508 e. The van der Waals surface area contributed by atoms with Crippen molar-refractivity contribution >= 4 is 5.65 Å². The third-order valence-electron chi connectivity index (χ3n) is 2.73. The van der Waals surface area contributed by atoms with E-state index >= 15 is 0 Å². The molecule has 2 aromatic heterocycles. The number of phenolic OH excluding ortho intramolecular Hbond substituents is 1. The first kappa shape index (κ1) is 10.7. The number of rotatable bonds is 2. The summed E-state index contributed by atoms with van der Waals surface area (Å²) in [5.74, 6) is 0.786. The van der Waals surface area contributed by atoms with Gasteiger partial charge in [0.2, 0.25) is 0 Å². The first-order valence-corrected chi connectivity index (χ1v) is 5.61. The van der Waals surface area contributed by atoms with Gasteiger partial charge in [-0.2, -0.15) is 0 Å². The first-order valence-electron chi connectivity index (χ1n) is 5.61. The van der Waals surface area contributed by atoms with Crippen molar-refractivity contribution in [3.63, 3.8) is 0 Å². The van der Waals surface area contributed by atoms with Crippen LogP contribution in [0.3, 0.4) is 0 Å². The maximum Gasteiger partial charge on any atom is 0.182 e. The highest BCUT2D eigenvalue weighted by Crippen LogP contribution is 2.20. The van der Waals surface area contributed by atoms with Gasteiger partial charge in [0.25, 0.3) is 0 Å². The molecule has 3 aromatic rings. The molecule has 0 amide bonds. The second-order valence-electron chi connectivity index (χ2n) is 4.03. The average molecular weight is 240 g/mol. The second kappa shape index (κ2) is 4.12. The Hall–Kier alpha value is -2.40. The number of hydrogen-bond donors (Lipinski definition) is 2. The lowest BCUT2D eigenvalue weighted by Crippen LogP contribution is -1.98. The zero-order chi connectivity index (χ0) is 12.5. The molecule has 0 radical (unpaired) electrons. The third kappa shape index (κ3) is 1.80. The highest BCUT2D eigenvalue weighted by molar-refractivity contribution is 5.60. The van der Waals surface area contributed by atoms with Gasteiger partial charge < -0.3 is 10.8 Å². The van der Waals surface area contributed by atoms with Crippen molar-refractivity contribution in [2.75, 3.05) is 0 Å². The van der Waals surface area contributed by atoms with Gasteiger partial charge in [0.15, 0.2) is 11.5 Å². The zero-order valence-electron chi connectivity index (χ0n) is 9.61. The fraction of sp³-hybridized carbons (Fsp3) is 0.0769. The Morgan fingerprint density at radius 3 is 2.89 bits per heavy atom. The lowest BCUT2D eigenvalue weighted by atomic mass is 10.2. The van der Waals surface area contributed by atoms with Crippen molar-refractivity contribution in [1.29, 1.82) is 0 Å². The van der Waals surface area contributed by atoms with Crippen molar-refractivity contribution in [2.24, 2.45) is 5.73 Å². The molecule has 0 aliphatic rings. The zero-order valence-corrected chi connectivity index (χ0v) is 9.61. The summed E-state index contributed by atoms with van der Waals surface area (Å²) in [4.78, 5) is 4.40. The summed E-state index contributed by atoms with van der Waals surface area (Å²) >= 11 is 0. The second-order valence-corrected chi connectivity index (χ2v) is 4.03. The van der Waals surface area contributed by atoms with E-state index in [1.54, 1.807) is 22.7 Å². The van der Waals surface area contributed by atoms with Crippen LogP contribution in [0.25, 0.3) is 17.0 Å². The molecule has 3 rings (SSSR count). The van der Waals surface area contributed by atoms with E-state index in [1.165, 1.54) is 0 Å². The number of nitrogens with zero attached hydrogens (tertiary/aromatic N) is 3. The summed E-state index contributed by atoms with van der Waals surface area (Å²) in [5.41, 5.74) is 8.12. The molecule has 0 saturated carbocycles. The van der Waals surface area contributed by atoms with Crippen molar-refractivity contribution in [2.45, 2.75) is 6.54 Å². The number of phenols is 1. The quantitative estimate of drug-likeness (QED) is 0.712. The molecule has 0 aliphatic heterocycles. The van der Waals surface area contributed by atoms with Crippen LogP contribution in [-0.2, 0) is 6.54 Å². The predicted octanol–water partition coefficient (Wildman–Crippen LogP) is 1.56. The Morgan fingerprint density at radius 2 is 2.11 bits per heavy atom. The van der Waals surface area contributed by atoms with E-state index in [2.05, 4.69) is 10.1 Å². The minimum absolute atomic E-state index is 0.203. The molecule has 0 aliphatic carbocycles. The van der Waals surface area contributed by atoms with Gasteiger partial charge in [0, 0.05) is 18.3 Å². The molecule has 0 spiro atoms. The van der Waals surface area contributed by atoms with Gasteiger partial charge in [0.1, 0.15) is 5.75 Å². The molecular weight excluding hydrogens is 228 g/mol. The van der Waals surface area contributed by atoms with Crippen LogP contribution in [0.2, 0.25) is 0 Å². The van der Waals surface area contributed by atoms with E-state index in [-0.39, 0.29) is 5.75 Å². The number of pyridine rings is 1. The molecule has 0 saturated heterocycles. The van der Waals surface area contributed by atoms with Crippen LogP contribution in [0.1, 0.15) is 5.56 Å². The van der Waals surface area contributed by atoms with Crippen LogP contribution in [0.5, 0.6) is 5.75 Å². The van der Waals surface area contributed by atoms with Gasteiger partial charge in [-0.3, -0.25) is 0 Å². The predicted molar refractivity (Wildman–Crippen MR) is 68.0 cm³/mol. The maximum absolute atomic E-state index is 9.45. The molecule has 90 valence electrons. The summed E-state index contributed by atoms with van der Waals surface area (Å²) < 4.78 is 1.70. The molecule has 1 aromatic carbocycles. The standard InChI is InChI=1S/C13H12N4O/c14-7-9-4-5-12-15-13(16-17(12)8-9)10-2-1-3-11(18)6-10/h1-6,8,18H,7,14H2. The first-order chi connectivity index (χ1) is 8.76. The molecule has 0 unspecified atom stereocenters. The van der Waals surface area contributed by atoms with Gasteiger partial charge in [-0.05, 0) is 23.8 Å². The Labute approximate surface area is 104 Å². The van der Waals surface area contributed by atoms with E-state index in [4.69, 9.17) is 5.73 Å². The molecule has 0 bridgehead atoms. The van der Waals surface area contributed by atoms with E-state index in [1.807, 2.05) is 24.4 Å². The monoisotopic (exact) mass is 240 g/mol. The Kier molecular flexibility index (Phi) is 2.46. The number of nitrogens with two attached hydrogens (primary N) is 1. The molecule has 3 N–H and O–H groups in total. The molecule has 0 atom stereocenters. The number of hydrogen-bond acceptors (Lipinski definition) is 4. The van der Waals surface area contributed by atoms with E-state index in [0.717, 1.165) is 16.8 Å². The van der Waals surface area contributed by atoms with Crippen LogP contribution in [-0.4, -0.2) is 19.7 Å². The SMILES string of the molecule is NCc1ccc2nc(-c3cccc(O)c3)nn2c1. The lowest BCUT2D eigenvalue weighted by Gasteiger charge is -1.96. The van der Waals surface area contributed by atoms with E-state index in [9.17, 15) is 5.11 Å². The fourth-order valence-electron chi connectivity index (χ4n) is 1.81. The molecule has 0 fully saturated rings. The summed E-state index contributed by atoms with van der Waals surface area (Å²) in [7, 11) is 0. The van der Waals surface area contributed by atoms with Crippen LogP contribution in [0.4, 0.5) is 0 Å². The number of fused-ring (bicyclic) bond motifs is 1. The summed E-state index contributed by atoms with van der Waals surface area (Å²) in [6.07, 6.45) is 1.86. The molecule has 5 heteroatoms. The third-order valence-corrected chi connectivity index (χ3v) is 2.73. The van der Waals surface area contributed by atoms with Crippen LogP contribution in [0, 0.1) is 0 Å². The Bertz CT molecular complexity index is 705. The number of benzene rings is 1. The van der Waals surface area contributed by atoms with Gasteiger partial charge in [-0.25, -0.2) is 9.50 Å².